The summed E-state index contributed by atoms with van der Waals surface area (Å²) >= 11 is 0. The zero-order valence-corrected chi connectivity index (χ0v) is 7.90. The quantitative estimate of drug-likeness (QED) is 0.505. The lowest BCUT2D eigenvalue weighted by Gasteiger charge is -2.20. The molecule has 1 aliphatic rings. The summed E-state index contributed by atoms with van der Waals surface area (Å²) in [4.78, 5) is 22.7. The van der Waals surface area contributed by atoms with Gasteiger partial charge in [-0.05, 0) is 6.92 Å². The van der Waals surface area contributed by atoms with Gasteiger partial charge >= 0.3 is 6.03 Å². The molecule has 0 bridgehead atoms. The number of hydrogen-bond donors (Lipinski definition) is 3. The third kappa shape index (κ3) is 1.18. The highest BCUT2D eigenvalue weighted by Gasteiger charge is 2.50. The van der Waals surface area contributed by atoms with Gasteiger partial charge in [0.05, 0.1) is 0 Å². The lowest BCUT2D eigenvalue weighted by Crippen LogP contribution is -2.50. The van der Waals surface area contributed by atoms with Gasteiger partial charge in [-0.15, -0.1) is 0 Å². The van der Waals surface area contributed by atoms with Crippen molar-refractivity contribution in [3.05, 3.63) is 11.4 Å². The highest BCUT2D eigenvalue weighted by atomic mass is 16.6. The molecule has 8 heteroatoms. The van der Waals surface area contributed by atoms with E-state index in [1.54, 1.807) is 6.92 Å². The third-order valence-corrected chi connectivity index (χ3v) is 2.30. The number of aryl methyl sites for hydroxylation is 1. The summed E-state index contributed by atoms with van der Waals surface area (Å²) in [5.74, 6) is -0.547. The minimum atomic E-state index is -1.36. The van der Waals surface area contributed by atoms with E-state index in [4.69, 9.17) is 5.73 Å². The van der Waals surface area contributed by atoms with Crippen molar-refractivity contribution in [2.24, 2.45) is 5.73 Å². The van der Waals surface area contributed by atoms with Crippen LogP contribution < -0.4 is 16.4 Å². The van der Waals surface area contributed by atoms with E-state index < -0.39 is 17.5 Å². The van der Waals surface area contributed by atoms with Gasteiger partial charge in [-0.1, -0.05) is 10.3 Å². The largest absolute Gasteiger partial charge is 0.327 e. The number of nitrogens with two attached hydrogens (primary N) is 1. The van der Waals surface area contributed by atoms with Gasteiger partial charge in [-0.3, -0.25) is 10.1 Å². The number of nitrogens with zero attached hydrogens (tertiary/aromatic N) is 2. The van der Waals surface area contributed by atoms with E-state index in [9.17, 15) is 9.59 Å². The standard InChI is InChI=1S/C7H9N5O3/c1-3-4(12-15-11-3)7(2-8)5(13)9-6(14)10-7/h2,8H2,1H3,(H2,9,10,13,14)/t7-/m1/s1. The maximum Gasteiger partial charge on any atom is 0.322 e. The fourth-order valence-corrected chi connectivity index (χ4v) is 1.52. The molecule has 0 spiro atoms. The van der Waals surface area contributed by atoms with Gasteiger partial charge in [-0.2, -0.15) is 0 Å². The first-order valence-electron chi connectivity index (χ1n) is 4.23. The summed E-state index contributed by atoms with van der Waals surface area (Å²) in [6.07, 6.45) is 0. The van der Waals surface area contributed by atoms with Crippen molar-refractivity contribution >= 4 is 11.9 Å². The highest BCUT2D eigenvalue weighted by Crippen LogP contribution is 2.23. The molecule has 1 atom stereocenters. The van der Waals surface area contributed by atoms with E-state index in [1.165, 1.54) is 0 Å². The first kappa shape index (κ1) is 9.59. The Kier molecular flexibility index (Phi) is 1.93. The summed E-state index contributed by atoms with van der Waals surface area (Å²) in [6.45, 7) is 1.50. The van der Waals surface area contributed by atoms with Crippen LogP contribution in [-0.4, -0.2) is 28.8 Å². The number of carbonyl (C=O) groups is 2. The number of amides is 3. The van der Waals surface area contributed by atoms with Gasteiger partial charge in [0.2, 0.25) is 0 Å². The van der Waals surface area contributed by atoms with E-state index >= 15 is 0 Å². The monoisotopic (exact) mass is 211 g/mol. The second kappa shape index (κ2) is 3.02. The Morgan fingerprint density at radius 3 is 2.60 bits per heavy atom. The Morgan fingerprint density at radius 1 is 1.47 bits per heavy atom. The topological polar surface area (TPSA) is 123 Å². The molecule has 15 heavy (non-hydrogen) atoms. The molecule has 1 aliphatic heterocycles. The Bertz CT molecular complexity index is 428. The van der Waals surface area contributed by atoms with E-state index in [0.29, 0.717) is 5.69 Å². The summed E-state index contributed by atoms with van der Waals surface area (Å²) in [5, 5.41) is 11.6. The molecule has 0 radical (unpaired) electrons. The first-order valence-corrected chi connectivity index (χ1v) is 4.23. The fourth-order valence-electron chi connectivity index (χ4n) is 1.52. The predicted molar refractivity (Wildman–Crippen MR) is 46.4 cm³/mol. The normalized spacial score (nSPS) is 25.2. The van der Waals surface area contributed by atoms with Gasteiger partial charge in [0.15, 0.2) is 5.54 Å². The van der Waals surface area contributed by atoms with E-state index in [-0.39, 0.29) is 12.2 Å². The Balaban J connectivity index is 2.51. The summed E-state index contributed by atoms with van der Waals surface area (Å²) in [7, 11) is 0. The Labute approximate surface area is 84.1 Å². The van der Waals surface area contributed by atoms with Gasteiger partial charge in [0.1, 0.15) is 11.4 Å². The lowest BCUT2D eigenvalue weighted by molar-refractivity contribution is -0.124. The molecular formula is C7H9N5O3. The second-order valence-corrected chi connectivity index (χ2v) is 3.22. The average molecular weight is 211 g/mol. The number of imide groups is 1. The number of rotatable bonds is 2. The van der Waals surface area contributed by atoms with Crippen LogP contribution in [0, 0.1) is 6.92 Å². The van der Waals surface area contributed by atoms with Gasteiger partial charge in [0, 0.05) is 6.54 Å². The first-order chi connectivity index (χ1) is 7.10. The van der Waals surface area contributed by atoms with Gasteiger partial charge in [0.25, 0.3) is 5.91 Å². The van der Waals surface area contributed by atoms with Crippen LogP contribution in [0.15, 0.2) is 4.63 Å². The van der Waals surface area contributed by atoms with Crippen LogP contribution in [0.1, 0.15) is 11.4 Å². The molecule has 8 nitrogen and oxygen atoms in total. The summed E-state index contributed by atoms with van der Waals surface area (Å²) < 4.78 is 4.48. The van der Waals surface area contributed by atoms with E-state index in [0.717, 1.165) is 0 Å². The van der Waals surface area contributed by atoms with Crippen molar-refractivity contribution in [2.75, 3.05) is 6.54 Å². The molecule has 1 aromatic heterocycles. The molecular weight excluding hydrogens is 202 g/mol. The lowest BCUT2D eigenvalue weighted by atomic mass is 9.94. The molecule has 0 unspecified atom stereocenters. The van der Waals surface area contributed by atoms with Crippen LogP contribution in [0.5, 0.6) is 0 Å². The van der Waals surface area contributed by atoms with Crippen molar-refractivity contribution in [3.8, 4) is 0 Å². The minimum absolute atomic E-state index is 0.111. The second-order valence-electron chi connectivity index (χ2n) is 3.22. The maximum atomic E-state index is 11.6. The maximum absolute atomic E-state index is 11.6. The molecule has 2 rings (SSSR count). The molecule has 1 fully saturated rings. The van der Waals surface area contributed by atoms with Crippen LogP contribution in [0.25, 0.3) is 0 Å². The Morgan fingerprint density at radius 2 is 2.20 bits per heavy atom. The molecule has 2 heterocycles. The van der Waals surface area contributed by atoms with Crippen LogP contribution in [0.3, 0.4) is 0 Å². The van der Waals surface area contributed by atoms with Crippen molar-refractivity contribution < 1.29 is 14.2 Å². The zero-order valence-electron chi connectivity index (χ0n) is 7.90. The molecule has 4 N–H and O–H groups in total. The van der Waals surface area contributed by atoms with E-state index in [1.807, 2.05) is 0 Å². The van der Waals surface area contributed by atoms with Crippen LogP contribution in [0.2, 0.25) is 0 Å². The van der Waals surface area contributed by atoms with E-state index in [2.05, 4.69) is 25.6 Å². The van der Waals surface area contributed by atoms with Crippen LogP contribution in [-0.2, 0) is 10.3 Å². The van der Waals surface area contributed by atoms with Crippen LogP contribution >= 0.6 is 0 Å². The number of hydrogen-bond acceptors (Lipinski definition) is 6. The molecule has 1 aromatic rings. The fraction of sp³-hybridized carbons (Fsp3) is 0.429. The molecule has 0 aliphatic carbocycles. The van der Waals surface area contributed by atoms with Crippen molar-refractivity contribution in [1.29, 1.82) is 0 Å². The highest BCUT2D eigenvalue weighted by molar-refractivity contribution is 6.07. The molecule has 1 saturated heterocycles. The number of urea groups is 1. The van der Waals surface area contributed by atoms with Crippen LogP contribution in [0.4, 0.5) is 4.79 Å². The summed E-state index contributed by atoms with van der Waals surface area (Å²) in [5.41, 5.74) is 4.78. The number of aromatic nitrogens is 2. The zero-order chi connectivity index (χ0) is 11.1. The average Bonchev–Trinajstić information content (AvgIpc) is 2.71. The minimum Gasteiger partial charge on any atom is -0.327 e. The molecule has 0 aromatic carbocycles. The Hall–Kier alpha value is -1.96. The predicted octanol–water partition coefficient (Wildman–Crippen LogP) is -1.63. The van der Waals surface area contributed by atoms with Crippen molar-refractivity contribution in [3.63, 3.8) is 0 Å². The van der Waals surface area contributed by atoms with Gasteiger partial charge in [-0.25, -0.2) is 9.42 Å². The molecule has 3 amide bonds. The third-order valence-electron chi connectivity index (χ3n) is 2.30. The van der Waals surface area contributed by atoms with Crippen molar-refractivity contribution in [1.82, 2.24) is 20.9 Å². The smallest absolute Gasteiger partial charge is 0.322 e. The molecule has 80 valence electrons. The number of nitrogens with one attached hydrogen (secondary N) is 2. The van der Waals surface area contributed by atoms with Gasteiger partial charge < -0.3 is 11.1 Å². The number of carbonyl (C=O) groups excluding carboxylic acids is 2. The van der Waals surface area contributed by atoms with Crippen molar-refractivity contribution in [2.45, 2.75) is 12.5 Å². The summed E-state index contributed by atoms with van der Waals surface area (Å²) in [6, 6.07) is -0.604. The SMILES string of the molecule is Cc1nonc1[C@@]1(CN)NC(=O)NC1=O. The molecule has 0 saturated carbocycles.